The van der Waals surface area contributed by atoms with E-state index in [9.17, 15) is 4.79 Å². The molecule has 0 aliphatic carbocycles. The van der Waals surface area contributed by atoms with Crippen LogP contribution in [0, 0.1) is 0 Å². The van der Waals surface area contributed by atoms with Crippen LogP contribution in [-0.2, 0) is 6.54 Å². The summed E-state index contributed by atoms with van der Waals surface area (Å²) >= 11 is 1.77. The van der Waals surface area contributed by atoms with Gasteiger partial charge in [-0.2, -0.15) is 0 Å². The minimum atomic E-state index is 0.146. The van der Waals surface area contributed by atoms with E-state index in [0.29, 0.717) is 6.54 Å². The molecule has 1 aromatic carbocycles. The number of aromatic nitrogens is 1. The van der Waals surface area contributed by atoms with E-state index in [1.807, 2.05) is 36.6 Å². The molecule has 0 saturated heterocycles. The van der Waals surface area contributed by atoms with Crippen LogP contribution in [0.3, 0.4) is 0 Å². The van der Waals surface area contributed by atoms with Gasteiger partial charge in [0.05, 0.1) is 11.1 Å². The van der Waals surface area contributed by atoms with E-state index in [2.05, 4.69) is 12.1 Å². The van der Waals surface area contributed by atoms with Crippen molar-refractivity contribution < 1.29 is 0 Å². The first-order valence-corrected chi connectivity index (χ1v) is 7.18. The molecule has 92 valence electrons. The van der Waals surface area contributed by atoms with Gasteiger partial charge < -0.3 is 4.57 Å². The maximum Gasteiger partial charge on any atom is 0.259 e. The topological polar surface area (TPSA) is 22.0 Å². The molecule has 2 nitrogen and oxygen atoms in total. The Morgan fingerprint density at radius 1 is 1.33 bits per heavy atom. The number of hydrogen-bond acceptors (Lipinski definition) is 2. The van der Waals surface area contributed by atoms with E-state index in [1.54, 1.807) is 11.8 Å². The number of allylic oxidation sites excluding steroid dienone is 1. The molecular weight excluding hydrogens is 242 g/mol. The van der Waals surface area contributed by atoms with E-state index in [-0.39, 0.29) is 5.56 Å². The summed E-state index contributed by atoms with van der Waals surface area (Å²) in [5.74, 6) is 0.957. The van der Waals surface area contributed by atoms with E-state index >= 15 is 0 Å². The summed E-state index contributed by atoms with van der Waals surface area (Å²) in [5.41, 5.74) is 3.20. The van der Waals surface area contributed by atoms with Crippen LogP contribution in [0.1, 0.15) is 19.4 Å². The maximum absolute atomic E-state index is 12.6. The van der Waals surface area contributed by atoms with Crippen molar-refractivity contribution in [3.8, 4) is 0 Å². The molecule has 0 bridgehead atoms. The van der Waals surface area contributed by atoms with Crippen LogP contribution in [-0.4, -0.2) is 10.3 Å². The quantitative estimate of drug-likeness (QED) is 0.779. The fourth-order valence-corrected chi connectivity index (χ4v) is 3.76. The number of fused-ring (bicyclic) bond motifs is 3. The van der Waals surface area contributed by atoms with Gasteiger partial charge in [0.2, 0.25) is 0 Å². The van der Waals surface area contributed by atoms with Gasteiger partial charge in [-0.3, -0.25) is 4.79 Å². The number of nitrogens with zero attached hydrogens (tertiary/aromatic N) is 1. The first-order chi connectivity index (χ1) is 8.74. The summed E-state index contributed by atoms with van der Waals surface area (Å²) < 4.78 is 1.87. The molecule has 0 radical (unpaired) electrons. The summed E-state index contributed by atoms with van der Waals surface area (Å²) in [6, 6.07) is 8.19. The summed E-state index contributed by atoms with van der Waals surface area (Å²) in [7, 11) is 0. The van der Waals surface area contributed by atoms with Crippen LogP contribution in [0.5, 0.6) is 0 Å². The second kappa shape index (κ2) is 4.32. The summed E-state index contributed by atoms with van der Waals surface area (Å²) in [4.78, 5) is 13.7. The SMILES string of the molecule is CCn1c(=O)c2c(c3ccccc31)SCC=C2C. The second-order valence-corrected chi connectivity index (χ2v) is 5.50. The lowest BCUT2D eigenvalue weighted by atomic mass is 10.1. The van der Waals surface area contributed by atoms with Crippen molar-refractivity contribution in [1.29, 1.82) is 0 Å². The average molecular weight is 257 g/mol. The number of para-hydroxylation sites is 1. The molecule has 3 rings (SSSR count). The van der Waals surface area contributed by atoms with Gasteiger partial charge in [-0.25, -0.2) is 0 Å². The van der Waals surface area contributed by atoms with Crippen LogP contribution < -0.4 is 5.56 Å². The number of pyridine rings is 1. The Morgan fingerprint density at radius 3 is 2.89 bits per heavy atom. The summed E-state index contributed by atoms with van der Waals surface area (Å²) in [5, 5.41) is 1.20. The van der Waals surface area contributed by atoms with Gasteiger partial charge >= 0.3 is 0 Å². The third-order valence-electron chi connectivity index (χ3n) is 3.45. The van der Waals surface area contributed by atoms with Crippen LogP contribution in [0.4, 0.5) is 0 Å². The molecule has 0 spiro atoms. The van der Waals surface area contributed by atoms with Gasteiger partial charge in [0.1, 0.15) is 0 Å². The maximum atomic E-state index is 12.6. The summed E-state index contributed by atoms with van der Waals surface area (Å²) in [6.07, 6.45) is 2.14. The lowest BCUT2D eigenvalue weighted by Gasteiger charge is -2.19. The first kappa shape index (κ1) is 11.6. The average Bonchev–Trinajstić information content (AvgIpc) is 2.39. The molecule has 1 aliphatic heterocycles. The van der Waals surface area contributed by atoms with Crippen molar-refractivity contribution in [2.45, 2.75) is 25.3 Å². The van der Waals surface area contributed by atoms with Crippen molar-refractivity contribution >= 4 is 28.2 Å². The van der Waals surface area contributed by atoms with Crippen molar-refractivity contribution in [2.24, 2.45) is 0 Å². The van der Waals surface area contributed by atoms with Crippen LogP contribution in [0.25, 0.3) is 16.5 Å². The third kappa shape index (κ3) is 1.54. The zero-order chi connectivity index (χ0) is 12.7. The summed E-state index contributed by atoms with van der Waals surface area (Å²) in [6.45, 7) is 4.77. The first-order valence-electron chi connectivity index (χ1n) is 6.19. The third-order valence-corrected chi connectivity index (χ3v) is 4.50. The van der Waals surface area contributed by atoms with Gasteiger partial charge in [0.15, 0.2) is 0 Å². The molecule has 0 fully saturated rings. The fourth-order valence-electron chi connectivity index (χ4n) is 2.54. The molecule has 1 aliphatic rings. The van der Waals surface area contributed by atoms with Crippen LogP contribution in [0.2, 0.25) is 0 Å². The largest absolute Gasteiger partial charge is 0.308 e. The molecule has 2 heterocycles. The minimum absolute atomic E-state index is 0.146. The molecule has 2 aromatic rings. The van der Waals surface area contributed by atoms with Gasteiger partial charge in [0.25, 0.3) is 5.56 Å². The van der Waals surface area contributed by atoms with Gasteiger partial charge in [0, 0.05) is 22.6 Å². The molecule has 1 aromatic heterocycles. The standard InChI is InChI=1S/C15H15NOS/c1-3-16-12-7-5-4-6-11(12)14-13(15(16)17)10(2)8-9-18-14/h4-8H,3,9H2,1-2H3. The monoisotopic (exact) mass is 257 g/mol. The van der Waals surface area contributed by atoms with E-state index in [0.717, 1.165) is 27.3 Å². The normalized spacial score (nSPS) is 14.4. The van der Waals surface area contributed by atoms with Gasteiger partial charge in [-0.1, -0.05) is 24.3 Å². The van der Waals surface area contributed by atoms with Gasteiger partial charge in [-0.15, -0.1) is 11.8 Å². The predicted octanol–water partition coefficient (Wildman–Crippen LogP) is 3.53. The Morgan fingerprint density at radius 2 is 2.11 bits per heavy atom. The highest BCUT2D eigenvalue weighted by Crippen LogP contribution is 2.36. The van der Waals surface area contributed by atoms with Crippen LogP contribution >= 0.6 is 11.8 Å². The number of benzene rings is 1. The van der Waals surface area contributed by atoms with Crippen molar-refractivity contribution in [3.05, 3.63) is 46.3 Å². The van der Waals surface area contributed by atoms with Crippen molar-refractivity contribution in [1.82, 2.24) is 4.57 Å². The molecule has 18 heavy (non-hydrogen) atoms. The lowest BCUT2D eigenvalue weighted by Crippen LogP contribution is -2.24. The highest BCUT2D eigenvalue weighted by molar-refractivity contribution is 7.99. The highest BCUT2D eigenvalue weighted by atomic mass is 32.2. The predicted molar refractivity (Wildman–Crippen MR) is 78.3 cm³/mol. The Balaban J connectivity index is 2.54. The molecule has 0 amide bonds. The molecule has 0 saturated carbocycles. The van der Waals surface area contributed by atoms with Crippen molar-refractivity contribution in [3.63, 3.8) is 0 Å². The van der Waals surface area contributed by atoms with Crippen molar-refractivity contribution in [2.75, 3.05) is 5.75 Å². The highest BCUT2D eigenvalue weighted by Gasteiger charge is 2.19. The fraction of sp³-hybridized carbons (Fsp3) is 0.267. The Bertz CT molecular complexity index is 712. The Hall–Kier alpha value is -1.48. The number of aryl methyl sites for hydroxylation is 1. The van der Waals surface area contributed by atoms with E-state index in [4.69, 9.17) is 0 Å². The van der Waals surface area contributed by atoms with Gasteiger partial charge in [-0.05, 0) is 25.5 Å². The van der Waals surface area contributed by atoms with E-state index in [1.165, 1.54) is 5.39 Å². The Kier molecular flexibility index (Phi) is 2.78. The number of thioether (sulfide) groups is 1. The lowest BCUT2D eigenvalue weighted by molar-refractivity contribution is 0.753. The second-order valence-electron chi connectivity index (χ2n) is 4.47. The molecule has 3 heteroatoms. The zero-order valence-electron chi connectivity index (χ0n) is 10.6. The van der Waals surface area contributed by atoms with E-state index < -0.39 is 0 Å². The number of hydrogen-bond donors (Lipinski definition) is 0. The number of rotatable bonds is 1. The Labute approximate surface area is 110 Å². The molecular formula is C15H15NOS. The minimum Gasteiger partial charge on any atom is -0.308 e. The van der Waals surface area contributed by atoms with Crippen LogP contribution in [0.15, 0.2) is 40.0 Å². The molecule has 0 unspecified atom stereocenters. The smallest absolute Gasteiger partial charge is 0.259 e. The molecule has 0 atom stereocenters. The molecule has 0 N–H and O–H groups in total. The zero-order valence-corrected chi connectivity index (χ0v) is 11.4.